The first-order valence-electron chi connectivity index (χ1n) is 6.09. The zero-order valence-electron chi connectivity index (χ0n) is 10.6. The lowest BCUT2D eigenvalue weighted by atomic mass is 9.81. The SMILES string of the molecule is CCCOc1ccc2c(c1)C(C)(C)C(C)N2. The number of rotatable bonds is 3. The maximum atomic E-state index is 5.68. The van der Waals surface area contributed by atoms with Gasteiger partial charge < -0.3 is 10.1 Å². The van der Waals surface area contributed by atoms with Crippen molar-refractivity contribution in [2.24, 2.45) is 0 Å². The molecule has 0 saturated heterocycles. The Morgan fingerprint density at radius 3 is 2.81 bits per heavy atom. The molecule has 1 aliphatic heterocycles. The molecular formula is C14H21NO. The molecule has 0 amide bonds. The molecular weight excluding hydrogens is 198 g/mol. The highest BCUT2D eigenvalue weighted by Gasteiger charge is 2.36. The summed E-state index contributed by atoms with van der Waals surface area (Å²) < 4.78 is 5.68. The van der Waals surface area contributed by atoms with E-state index >= 15 is 0 Å². The summed E-state index contributed by atoms with van der Waals surface area (Å²) in [6.45, 7) is 9.70. The Morgan fingerprint density at radius 1 is 1.38 bits per heavy atom. The van der Waals surface area contributed by atoms with Gasteiger partial charge in [-0.2, -0.15) is 0 Å². The van der Waals surface area contributed by atoms with Crippen LogP contribution in [0, 0.1) is 0 Å². The van der Waals surface area contributed by atoms with Gasteiger partial charge in [0.05, 0.1) is 6.61 Å². The summed E-state index contributed by atoms with van der Waals surface area (Å²) in [4.78, 5) is 0. The summed E-state index contributed by atoms with van der Waals surface area (Å²) in [5, 5.41) is 3.52. The van der Waals surface area contributed by atoms with E-state index in [1.54, 1.807) is 0 Å². The molecule has 0 aromatic heterocycles. The molecule has 1 atom stereocenters. The molecule has 16 heavy (non-hydrogen) atoms. The predicted octanol–water partition coefficient (Wildman–Crippen LogP) is 3.57. The largest absolute Gasteiger partial charge is 0.494 e. The van der Waals surface area contributed by atoms with Gasteiger partial charge in [0.2, 0.25) is 0 Å². The molecule has 88 valence electrons. The smallest absolute Gasteiger partial charge is 0.119 e. The van der Waals surface area contributed by atoms with Crippen LogP contribution in [0.15, 0.2) is 18.2 Å². The van der Waals surface area contributed by atoms with Gasteiger partial charge in [-0.1, -0.05) is 20.8 Å². The molecule has 0 radical (unpaired) electrons. The average molecular weight is 219 g/mol. The topological polar surface area (TPSA) is 21.3 Å². The Hall–Kier alpha value is -1.18. The van der Waals surface area contributed by atoms with E-state index in [2.05, 4.69) is 51.2 Å². The molecule has 1 N–H and O–H groups in total. The highest BCUT2D eigenvalue weighted by molar-refractivity contribution is 5.63. The summed E-state index contributed by atoms with van der Waals surface area (Å²) in [6, 6.07) is 6.84. The van der Waals surface area contributed by atoms with Gasteiger partial charge in [-0.3, -0.25) is 0 Å². The number of anilines is 1. The maximum absolute atomic E-state index is 5.68. The number of fused-ring (bicyclic) bond motifs is 1. The van der Waals surface area contributed by atoms with Gasteiger partial charge in [-0.25, -0.2) is 0 Å². The lowest BCUT2D eigenvalue weighted by molar-refractivity contribution is 0.316. The normalized spacial score (nSPS) is 21.4. The van der Waals surface area contributed by atoms with Crippen molar-refractivity contribution in [1.82, 2.24) is 0 Å². The minimum absolute atomic E-state index is 0.181. The third-order valence-electron chi connectivity index (χ3n) is 3.61. The van der Waals surface area contributed by atoms with Crippen molar-refractivity contribution >= 4 is 5.69 Å². The van der Waals surface area contributed by atoms with Crippen LogP contribution in [0.1, 0.15) is 39.7 Å². The summed E-state index contributed by atoms with van der Waals surface area (Å²) in [7, 11) is 0. The van der Waals surface area contributed by atoms with E-state index in [4.69, 9.17) is 4.74 Å². The van der Waals surface area contributed by atoms with Crippen LogP contribution in [-0.2, 0) is 5.41 Å². The monoisotopic (exact) mass is 219 g/mol. The Labute approximate surface area is 98.0 Å². The van der Waals surface area contributed by atoms with Crippen LogP contribution in [0.3, 0.4) is 0 Å². The van der Waals surface area contributed by atoms with Crippen molar-refractivity contribution in [3.63, 3.8) is 0 Å². The highest BCUT2D eigenvalue weighted by atomic mass is 16.5. The number of ether oxygens (including phenoxy) is 1. The molecule has 2 heteroatoms. The quantitative estimate of drug-likeness (QED) is 0.839. The van der Waals surface area contributed by atoms with Gasteiger partial charge in [-0.15, -0.1) is 0 Å². The molecule has 1 heterocycles. The van der Waals surface area contributed by atoms with Crippen LogP contribution in [0.5, 0.6) is 5.75 Å². The van der Waals surface area contributed by atoms with Crippen molar-refractivity contribution in [3.8, 4) is 5.75 Å². The van der Waals surface area contributed by atoms with Gasteiger partial charge in [0.1, 0.15) is 5.75 Å². The fourth-order valence-corrected chi connectivity index (χ4v) is 2.14. The highest BCUT2D eigenvalue weighted by Crippen LogP contribution is 2.42. The Balaban J connectivity index is 2.29. The van der Waals surface area contributed by atoms with Crippen molar-refractivity contribution < 1.29 is 4.74 Å². The molecule has 2 nitrogen and oxygen atoms in total. The third-order valence-corrected chi connectivity index (χ3v) is 3.61. The van der Waals surface area contributed by atoms with Crippen molar-refractivity contribution in [2.75, 3.05) is 11.9 Å². The Morgan fingerprint density at radius 2 is 2.12 bits per heavy atom. The number of hydrogen-bond donors (Lipinski definition) is 1. The third kappa shape index (κ3) is 1.77. The van der Waals surface area contributed by atoms with Crippen molar-refractivity contribution in [3.05, 3.63) is 23.8 Å². The molecule has 0 fully saturated rings. The molecule has 1 aliphatic rings. The van der Waals surface area contributed by atoms with E-state index in [1.807, 2.05) is 0 Å². The summed E-state index contributed by atoms with van der Waals surface area (Å²) >= 11 is 0. The van der Waals surface area contributed by atoms with Crippen LogP contribution < -0.4 is 10.1 Å². The molecule has 1 unspecified atom stereocenters. The molecule has 1 aromatic rings. The molecule has 0 spiro atoms. The lowest BCUT2D eigenvalue weighted by Gasteiger charge is -2.24. The van der Waals surface area contributed by atoms with Crippen LogP contribution in [0.2, 0.25) is 0 Å². The van der Waals surface area contributed by atoms with E-state index in [9.17, 15) is 0 Å². The van der Waals surface area contributed by atoms with Crippen LogP contribution >= 0.6 is 0 Å². The summed E-state index contributed by atoms with van der Waals surface area (Å²) in [6.07, 6.45) is 1.05. The maximum Gasteiger partial charge on any atom is 0.119 e. The Bertz CT molecular complexity index is 384. The summed E-state index contributed by atoms with van der Waals surface area (Å²) in [5.41, 5.74) is 2.80. The van der Waals surface area contributed by atoms with Gasteiger partial charge in [-0.05, 0) is 37.1 Å². The first kappa shape index (κ1) is 11.3. The van der Waals surface area contributed by atoms with E-state index < -0.39 is 0 Å². The molecule has 0 saturated carbocycles. The van der Waals surface area contributed by atoms with Crippen LogP contribution in [-0.4, -0.2) is 12.6 Å². The summed E-state index contributed by atoms with van der Waals surface area (Å²) in [5.74, 6) is 0.990. The van der Waals surface area contributed by atoms with Gasteiger partial charge in [0, 0.05) is 17.1 Å². The molecule has 0 bridgehead atoms. The van der Waals surface area contributed by atoms with Gasteiger partial charge in [0.25, 0.3) is 0 Å². The van der Waals surface area contributed by atoms with Gasteiger partial charge in [0.15, 0.2) is 0 Å². The van der Waals surface area contributed by atoms with E-state index in [0.717, 1.165) is 18.8 Å². The Kier molecular flexibility index (Phi) is 2.83. The average Bonchev–Trinajstić information content (AvgIpc) is 2.48. The predicted molar refractivity (Wildman–Crippen MR) is 68.3 cm³/mol. The first-order chi connectivity index (χ1) is 7.55. The standard InChI is InChI=1S/C14H21NO/c1-5-8-16-11-6-7-13-12(9-11)14(3,4)10(2)15-13/h6-7,9-10,15H,5,8H2,1-4H3. The fourth-order valence-electron chi connectivity index (χ4n) is 2.14. The second-order valence-corrected chi connectivity index (χ2v) is 5.14. The van der Waals surface area contributed by atoms with E-state index in [1.165, 1.54) is 11.3 Å². The molecule has 2 rings (SSSR count). The van der Waals surface area contributed by atoms with E-state index in [-0.39, 0.29) is 5.41 Å². The van der Waals surface area contributed by atoms with Crippen molar-refractivity contribution in [1.29, 1.82) is 0 Å². The number of nitrogens with one attached hydrogen (secondary N) is 1. The first-order valence-corrected chi connectivity index (χ1v) is 6.09. The fraction of sp³-hybridized carbons (Fsp3) is 0.571. The lowest BCUT2D eigenvalue weighted by Crippen LogP contribution is -2.29. The number of hydrogen-bond acceptors (Lipinski definition) is 2. The zero-order chi connectivity index (χ0) is 11.8. The van der Waals surface area contributed by atoms with E-state index in [0.29, 0.717) is 6.04 Å². The van der Waals surface area contributed by atoms with Gasteiger partial charge >= 0.3 is 0 Å². The second-order valence-electron chi connectivity index (χ2n) is 5.14. The minimum atomic E-state index is 0.181. The molecule has 0 aliphatic carbocycles. The van der Waals surface area contributed by atoms with Crippen molar-refractivity contribution in [2.45, 2.75) is 45.6 Å². The minimum Gasteiger partial charge on any atom is -0.494 e. The molecule has 1 aromatic carbocycles. The van der Waals surface area contributed by atoms with Crippen LogP contribution in [0.25, 0.3) is 0 Å². The van der Waals surface area contributed by atoms with Crippen LogP contribution in [0.4, 0.5) is 5.69 Å². The second kappa shape index (κ2) is 4.00. The zero-order valence-corrected chi connectivity index (χ0v) is 10.6. The number of benzene rings is 1.